The first-order valence-electron chi connectivity index (χ1n) is 6.21. The molecule has 7 fully saturated rings. The van der Waals surface area contributed by atoms with Crippen LogP contribution >= 0.6 is 0 Å². The summed E-state index contributed by atoms with van der Waals surface area (Å²) in [4.78, 5) is 0. The lowest BCUT2D eigenvalue weighted by Crippen LogP contribution is -2.90. The molecule has 0 radical (unpaired) electrons. The largest absolute Gasteiger partial charge is 0.319 e. The van der Waals surface area contributed by atoms with Gasteiger partial charge >= 0.3 is 0 Å². The molecule has 0 amide bonds. The Morgan fingerprint density at radius 3 is 1.94 bits per heavy atom. The summed E-state index contributed by atoms with van der Waals surface area (Å²) in [5.41, 5.74) is -0.708. The van der Waals surface area contributed by atoms with Gasteiger partial charge in [-0.05, 0) is 0 Å². The van der Waals surface area contributed by atoms with Crippen LogP contribution in [0.4, 0.5) is 0 Å². The van der Waals surface area contributed by atoms with Crippen molar-refractivity contribution in [3.05, 3.63) is 12.7 Å². The lowest BCUT2D eigenvalue weighted by molar-refractivity contribution is -0.645. The fourth-order valence-corrected chi connectivity index (χ4v) is 3.99. The van der Waals surface area contributed by atoms with Crippen molar-refractivity contribution >= 4 is 0 Å². The second-order valence-electron chi connectivity index (χ2n) is 5.71. The summed E-state index contributed by atoms with van der Waals surface area (Å²) in [6.45, 7) is 7.42. The molecule has 0 spiro atoms. The Hall–Kier alpha value is -0.500. The summed E-state index contributed by atoms with van der Waals surface area (Å²) >= 11 is 0. The zero-order valence-electron chi connectivity index (χ0n) is 10.1. The predicted molar refractivity (Wildman–Crippen MR) is 55.2 cm³/mol. The van der Waals surface area contributed by atoms with Crippen LogP contribution in [0.3, 0.4) is 0 Å². The molecule has 7 aliphatic rings. The molecule has 7 rings (SSSR count). The van der Waals surface area contributed by atoms with Gasteiger partial charge in [0.2, 0.25) is 0 Å². The molecule has 6 heteroatoms. The van der Waals surface area contributed by atoms with Gasteiger partial charge in [0.1, 0.15) is 36.1 Å². The van der Waals surface area contributed by atoms with Gasteiger partial charge in [0, 0.05) is 13.8 Å². The smallest absolute Gasteiger partial charge is 0.281 e. The van der Waals surface area contributed by atoms with Crippen LogP contribution in [0.1, 0.15) is 13.8 Å². The van der Waals surface area contributed by atoms with Crippen LogP contribution in [0, 0.1) is 0 Å². The third kappa shape index (κ3) is 0.862. The fraction of sp³-hybridized carbons (Fsp3) is 0.833. The minimum atomic E-state index is -1.06. The third-order valence-corrected chi connectivity index (χ3v) is 4.55. The minimum Gasteiger partial charge on any atom is -0.319 e. The zero-order chi connectivity index (χ0) is 12.3. The van der Waals surface area contributed by atoms with Gasteiger partial charge in [-0.15, -0.1) is 6.58 Å². The van der Waals surface area contributed by atoms with Crippen molar-refractivity contribution in [3.8, 4) is 0 Å². The van der Waals surface area contributed by atoms with E-state index in [1.165, 1.54) is 0 Å². The van der Waals surface area contributed by atoms with Crippen molar-refractivity contribution < 1.29 is 28.4 Å². The highest BCUT2D eigenvalue weighted by molar-refractivity contribution is 5.26. The maximum atomic E-state index is 5.96. The molecule has 0 aromatic carbocycles. The standard InChI is InChI=1S/C12H14O6/c1-4-12-8-6-5-7(15-11(3,14-6)18-12)9(12)17-10(2,13-5)16-8/h4-9H,1H2,2-3H3/t5?,6-,7+,8-,9-,10?,11?,12?/m1/s1. The first kappa shape index (κ1) is 10.3. The number of hydrogen-bond donors (Lipinski definition) is 0. The molecule has 0 aromatic heterocycles. The van der Waals surface area contributed by atoms with Gasteiger partial charge in [-0.25, -0.2) is 0 Å². The van der Waals surface area contributed by atoms with Gasteiger partial charge < -0.3 is 28.4 Å². The van der Waals surface area contributed by atoms with Crippen molar-refractivity contribution in [2.75, 3.05) is 0 Å². The molecule has 6 saturated heterocycles. The molecule has 6 nitrogen and oxygen atoms in total. The van der Waals surface area contributed by atoms with Gasteiger partial charge in [-0.2, -0.15) is 0 Å². The Kier molecular flexibility index (Phi) is 1.45. The van der Waals surface area contributed by atoms with Crippen LogP contribution in [-0.2, 0) is 28.4 Å². The Bertz CT molecular complexity index is 437. The van der Waals surface area contributed by atoms with Crippen LogP contribution in [0.25, 0.3) is 0 Å². The first-order valence-corrected chi connectivity index (χ1v) is 6.21. The fourth-order valence-electron chi connectivity index (χ4n) is 3.99. The molecule has 8 atom stereocenters. The van der Waals surface area contributed by atoms with Crippen molar-refractivity contribution in [1.82, 2.24) is 0 Å². The lowest BCUT2D eigenvalue weighted by Gasteiger charge is -2.73. The summed E-state index contributed by atoms with van der Waals surface area (Å²) in [5.74, 6) is -2.09. The SMILES string of the molecule is C=CC12OC3(C)O[C@@H]4C5OC(C)(O[C@H]41)O[C@@H]2[C@H]5O3. The van der Waals surface area contributed by atoms with Crippen molar-refractivity contribution in [2.24, 2.45) is 0 Å². The van der Waals surface area contributed by atoms with Gasteiger partial charge in [-0.3, -0.25) is 0 Å². The van der Waals surface area contributed by atoms with Crippen LogP contribution in [0.15, 0.2) is 12.7 Å². The second-order valence-corrected chi connectivity index (χ2v) is 5.71. The Morgan fingerprint density at radius 2 is 1.39 bits per heavy atom. The monoisotopic (exact) mass is 254 g/mol. The molecule has 6 heterocycles. The predicted octanol–water partition coefficient (Wildman–Crippen LogP) is 0.269. The second kappa shape index (κ2) is 2.54. The average Bonchev–Trinajstić information content (AvgIpc) is 2.33. The van der Waals surface area contributed by atoms with Crippen LogP contribution in [0.2, 0.25) is 0 Å². The van der Waals surface area contributed by atoms with E-state index >= 15 is 0 Å². The maximum Gasteiger partial charge on any atom is 0.281 e. The van der Waals surface area contributed by atoms with Crippen molar-refractivity contribution in [2.45, 2.75) is 61.9 Å². The van der Waals surface area contributed by atoms with Crippen molar-refractivity contribution in [3.63, 3.8) is 0 Å². The highest BCUT2D eigenvalue weighted by Crippen LogP contribution is 2.61. The molecular formula is C12H14O6. The molecule has 6 aliphatic heterocycles. The van der Waals surface area contributed by atoms with E-state index in [2.05, 4.69) is 6.58 Å². The lowest BCUT2D eigenvalue weighted by atomic mass is 9.70. The van der Waals surface area contributed by atoms with Gasteiger partial charge in [0.05, 0.1) is 0 Å². The molecule has 1 saturated carbocycles. The van der Waals surface area contributed by atoms with Crippen molar-refractivity contribution in [1.29, 1.82) is 0 Å². The van der Waals surface area contributed by atoms with Crippen LogP contribution < -0.4 is 0 Å². The van der Waals surface area contributed by atoms with E-state index in [1.54, 1.807) is 19.9 Å². The molecule has 4 unspecified atom stereocenters. The summed E-state index contributed by atoms with van der Waals surface area (Å²) < 4.78 is 35.1. The number of rotatable bonds is 1. The molecule has 1 aliphatic carbocycles. The molecular weight excluding hydrogens is 240 g/mol. The summed E-state index contributed by atoms with van der Waals surface area (Å²) in [5, 5.41) is 0. The molecule has 0 N–H and O–H groups in total. The molecule has 18 heavy (non-hydrogen) atoms. The Labute approximate surface area is 104 Å². The van der Waals surface area contributed by atoms with Gasteiger partial charge in [0.25, 0.3) is 11.9 Å². The topological polar surface area (TPSA) is 55.4 Å². The third-order valence-electron chi connectivity index (χ3n) is 4.55. The molecule has 98 valence electrons. The normalized spacial score (nSPS) is 70.9. The average molecular weight is 254 g/mol. The molecule has 8 bridgehead atoms. The van der Waals surface area contributed by atoms with Gasteiger partial charge in [-0.1, -0.05) is 6.08 Å². The van der Waals surface area contributed by atoms with E-state index in [1.807, 2.05) is 0 Å². The van der Waals surface area contributed by atoms with E-state index < -0.39 is 17.5 Å². The van der Waals surface area contributed by atoms with Crippen LogP contribution in [-0.4, -0.2) is 48.1 Å². The minimum absolute atomic E-state index is 0.169. The highest BCUT2D eigenvalue weighted by atomic mass is 17.0. The number of hydrogen-bond acceptors (Lipinski definition) is 6. The first-order chi connectivity index (χ1) is 8.49. The van der Waals surface area contributed by atoms with E-state index in [0.717, 1.165) is 0 Å². The Balaban J connectivity index is 1.74. The number of ether oxygens (including phenoxy) is 6. The zero-order valence-corrected chi connectivity index (χ0v) is 10.1. The summed E-state index contributed by atoms with van der Waals surface area (Å²) in [6, 6.07) is 0. The van der Waals surface area contributed by atoms with Gasteiger partial charge in [0.15, 0.2) is 0 Å². The van der Waals surface area contributed by atoms with Crippen LogP contribution in [0.5, 0.6) is 0 Å². The highest BCUT2D eigenvalue weighted by Gasteiger charge is 2.80. The maximum absolute atomic E-state index is 5.96. The quantitative estimate of drug-likeness (QED) is 0.626. The van der Waals surface area contributed by atoms with E-state index in [4.69, 9.17) is 28.4 Å². The summed E-state index contributed by atoms with van der Waals surface area (Å²) in [7, 11) is 0. The molecule has 0 aromatic rings. The van der Waals surface area contributed by atoms with E-state index in [-0.39, 0.29) is 30.5 Å². The van der Waals surface area contributed by atoms with E-state index in [0.29, 0.717) is 0 Å². The Morgan fingerprint density at radius 1 is 0.833 bits per heavy atom. The summed E-state index contributed by atoms with van der Waals surface area (Å²) in [6.07, 6.45) is 0.670. The van der Waals surface area contributed by atoms with E-state index in [9.17, 15) is 0 Å².